The molecule has 0 aromatic rings. The van der Waals surface area contributed by atoms with E-state index in [0.29, 0.717) is 6.04 Å². The Morgan fingerprint density at radius 1 is 1.10 bits per heavy atom. The summed E-state index contributed by atoms with van der Waals surface area (Å²) < 4.78 is 0. The highest BCUT2D eigenvalue weighted by molar-refractivity contribution is 4.79. The van der Waals surface area contributed by atoms with Gasteiger partial charge >= 0.3 is 0 Å². The van der Waals surface area contributed by atoms with E-state index in [-0.39, 0.29) is 0 Å². The molecule has 0 saturated carbocycles. The maximum Gasteiger partial charge on any atom is 0.0104 e. The van der Waals surface area contributed by atoms with Crippen molar-refractivity contribution < 1.29 is 0 Å². The van der Waals surface area contributed by atoms with Crippen LogP contribution >= 0.6 is 0 Å². The highest BCUT2D eigenvalue weighted by Crippen LogP contribution is 2.20. The third-order valence-electron chi connectivity index (χ3n) is 5.12. The Morgan fingerprint density at radius 3 is 2.70 bits per heavy atom. The summed E-state index contributed by atoms with van der Waals surface area (Å²) in [4.78, 5) is 5.31. The van der Waals surface area contributed by atoms with Gasteiger partial charge in [-0.1, -0.05) is 20.3 Å². The van der Waals surface area contributed by atoms with Crippen molar-refractivity contribution in [1.29, 1.82) is 0 Å². The Hall–Kier alpha value is -0.120. The number of hydrogen-bond acceptors (Lipinski definition) is 3. The third-order valence-corrected chi connectivity index (χ3v) is 5.12. The molecule has 2 rings (SSSR count). The predicted octanol–water partition coefficient (Wildman–Crippen LogP) is 2.57. The molecule has 0 spiro atoms. The van der Waals surface area contributed by atoms with E-state index >= 15 is 0 Å². The maximum absolute atomic E-state index is 3.61. The van der Waals surface area contributed by atoms with Gasteiger partial charge in [-0.2, -0.15) is 0 Å². The van der Waals surface area contributed by atoms with E-state index in [0.717, 1.165) is 12.0 Å². The molecule has 0 aromatic carbocycles. The number of nitrogens with one attached hydrogen (secondary N) is 1. The molecular formula is C17H35N3. The monoisotopic (exact) mass is 281 g/mol. The highest BCUT2D eigenvalue weighted by Gasteiger charge is 2.23. The molecule has 0 amide bonds. The van der Waals surface area contributed by atoms with Gasteiger partial charge in [-0.25, -0.2) is 0 Å². The number of hydrogen-bond donors (Lipinski definition) is 1. The van der Waals surface area contributed by atoms with E-state index in [1.54, 1.807) is 0 Å². The molecule has 2 heterocycles. The van der Waals surface area contributed by atoms with Gasteiger partial charge < -0.3 is 15.1 Å². The molecule has 2 unspecified atom stereocenters. The van der Waals surface area contributed by atoms with Gasteiger partial charge in [-0.15, -0.1) is 0 Å². The standard InChI is InChI=1S/C17H35N3/c1-15(2)18-13-16-7-6-11-20(14-16)12-9-17-8-4-5-10-19(17)3/h15-18H,4-14H2,1-3H3. The average Bonchev–Trinajstić information content (AvgIpc) is 2.45. The van der Waals surface area contributed by atoms with E-state index in [1.807, 2.05) is 0 Å². The van der Waals surface area contributed by atoms with E-state index in [2.05, 4.69) is 36.0 Å². The Bertz CT molecular complexity index is 267. The van der Waals surface area contributed by atoms with Crippen molar-refractivity contribution in [3.05, 3.63) is 0 Å². The molecule has 118 valence electrons. The van der Waals surface area contributed by atoms with Crippen LogP contribution in [0.5, 0.6) is 0 Å². The summed E-state index contributed by atoms with van der Waals surface area (Å²) in [5.74, 6) is 0.871. The van der Waals surface area contributed by atoms with Crippen molar-refractivity contribution in [1.82, 2.24) is 15.1 Å². The van der Waals surface area contributed by atoms with Crippen LogP contribution in [-0.2, 0) is 0 Å². The molecule has 2 saturated heterocycles. The normalized spacial score (nSPS) is 30.0. The minimum absolute atomic E-state index is 0.626. The summed E-state index contributed by atoms with van der Waals surface area (Å²) in [6.07, 6.45) is 8.45. The Kier molecular flexibility index (Phi) is 6.79. The zero-order valence-corrected chi connectivity index (χ0v) is 13.9. The summed E-state index contributed by atoms with van der Waals surface area (Å²) in [7, 11) is 2.31. The largest absolute Gasteiger partial charge is 0.314 e. The van der Waals surface area contributed by atoms with Gasteiger partial charge in [-0.3, -0.25) is 0 Å². The van der Waals surface area contributed by atoms with Gasteiger partial charge in [-0.05, 0) is 71.2 Å². The van der Waals surface area contributed by atoms with Crippen LogP contribution in [0.25, 0.3) is 0 Å². The van der Waals surface area contributed by atoms with E-state index < -0.39 is 0 Å². The molecule has 2 fully saturated rings. The van der Waals surface area contributed by atoms with Crippen molar-refractivity contribution in [2.45, 2.75) is 64.5 Å². The minimum atomic E-state index is 0.626. The Morgan fingerprint density at radius 2 is 1.95 bits per heavy atom. The molecule has 2 aliphatic heterocycles. The van der Waals surface area contributed by atoms with Crippen molar-refractivity contribution in [2.75, 3.05) is 39.8 Å². The molecule has 2 aliphatic rings. The smallest absolute Gasteiger partial charge is 0.0104 e. The van der Waals surface area contributed by atoms with Gasteiger partial charge in [0.05, 0.1) is 0 Å². The second kappa shape index (κ2) is 8.35. The quantitative estimate of drug-likeness (QED) is 0.807. The molecule has 20 heavy (non-hydrogen) atoms. The van der Waals surface area contributed by atoms with Crippen molar-refractivity contribution >= 4 is 0 Å². The fourth-order valence-electron chi connectivity index (χ4n) is 3.76. The fraction of sp³-hybridized carbons (Fsp3) is 1.00. The minimum Gasteiger partial charge on any atom is -0.314 e. The van der Waals surface area contributed by atoms with Crippen LogP contribution in [0.1, 0.15) is 52.4 Å². The summed E-state index contributed by atoms with van der Waals surface area (Å²) in [5.41, 5.74) is 0. The fourth-order valence-corrected chi connectivity index (χ4v) is 3.76. The van der Waals surface area contributed by atoms with Gasteiger partial charge in [0.2, 0.25) is 0 Å². The summed E-state index contributed by atoms with van der Waals surface area (Å²) >= 11 is 0. The number of nitrogens with zero attached hydrogens (tertiary/aromatic N) is 2. The van der Waals surface area contributed by atoms with E-state index in [1.165, 1.54) is 71.2 Å². The van der Waals surface area contributed by atoms with Gasteiger partial charge in [0.25, 0.3) is 0 Å². The van der Waals surface area contributed by atoms with Gasteiger partial charge in [0, 0.05) is 18.6 Å². The topological polar surface area (TPSA) is 18.5 Å². The molecular weight excluding hydrogens is 246 g/mol. The van der Waals surface area contributed by atoms with Crippen LogP contribution in [0.2, 0.25) is 0 Å². The van der Waals surface area contributed by atoms with Crippen LogP contribution in [0, 0.1) is 5.92 Å². The lowest BCUT2D eigenvalue weighted by Crippen LogP contribution is -2.43. The zero-order valence-electron chi connectivity index (χ0n) is 13.9. The van der Waals surface area contributed by atoms with Crippen LogP contribution in [0.4, 0.5) is 0 Å². The Balaban J connectivity index is 1.67. The van der Waals surface area contributed by atoms with Gasteiger partial charge in [0.15, 0.2) is 0 Å². The van der Waals surface area contributed by atoms with Crippen molar-refractivity contribution in [3.63, 3.8) is 0 Å². The lowest BCUT2D eigenvalue weighted by Gasteiger charge is -2.37. The molecule has 0 bridgehead atoms. The maximum atomic E-state index is 3.61. The molecule has 0 aromatic heterocycles. The summed E-state index contributed by atoms with van der Waals surface area (Å²) in [5, 5.41) is 3.61. The number of likely N-dealkylation sites (tertiary alicyclic amines) is 2. The Labute approximate surface area is 126 Å². The van der Waals surface area contributed by atoms with Crippen LogP contribution in [-0.4, -0.2) is 61.7 Å². The molecule has 2 atom stereocenters. The molecule has 0 aliphatic carbocycles. The SMILES string of the molecule is CC(C)NCC1CCCN(CCC2CCCCN2C)C1. The lowest BCUT2D eigenvalue weighted by molar-refractivity contribution is 0.128. The summed E-state index contributed by atoms with van der Waals surface area (Å²) in [6, 6.07) is 1.47. The molecule has 3 nitrogen and oxygen atoms in total. The molecule has 1 N–H and O–H groups in total. The third kappa shape index (κ3) is 5.34. The molecule has 0 radical (unpaired) electrons. The lowest BCUT2D eigenvalue weighted by atomic mass is 9.96. The van der Waals surface area contributed by atoms with Crippen molar-refractivity contribution in [3.8, 4) is 0 Å². The van der Waals surface area contributed by atoms with Gasteiger partial charge in [0.1, 0.15) is 0 Å². The zero-order chi connectivity index (χ0) is 14.4. The van der Waals surface area contributed by atoms with Crippen molar-refractivity contribution in [2.24, 2.45) is 5.92 Å². The predicted molar refractivity (Wildman–Crippen MR) is 87.2 cm³/mol. The first-order valence-corrected chi connectivity index (χ1v) is 8.81. The van der Waals surface area contributed by atoms with Crippen LogP contribution in [0.15, 0.2) is 0 Å². The average molecular weight is 281 g/mol. The highest BCUT2D eigenvalue weighted by atomic mass is 15.2. The van der Waals surface area contributed by atoms with Crippen LogP contribution in [0.3, 0.4) is 0 Å². The second-order valence-electron chi connectivity index (χ2n) is 7.29. The first kappa shape index (κ1) is 16.3. The first-order chi connectivity index (χ1) is 9.65. The number of piperidine rings is 2. The summed E-state index contributed by atoms with van der Waals surface area (Å²) in [6.45, 7) is 11.0. The molecule has 3 heteroatoms. The van der Waals surface area contributed by atoms with E-state index in [4.69, 9.17) is 0 Å². The number of rotatable bonds is 6. The second-order valence-corrected chi connectivity index (χ2v) is 7.29. The first-order valence-electron chi connectivity index (χ1n) is 8.81. The van der Waals surface area contributed by atoms with Crippen LogP contribution < -0.4 is 5.32 Å². The van der Waals surface area contributed by atoms with E-state index in [9.17, 15) is 0 Å².